The molecule has 1 aromatic carbocycles. The molecule has 1 heterocycles. The second-order valence-electron chi connectivity index (χ2n) is 4.46. The molecule has 17 heavy (non-hydrogen) atoms. The first-order valence-corrected chi connectivity index (χ1v) is 6.37. The lowest BCUT2D eigenvalue weighted by Gasteiger charge is -2.33. The fourth-order valence-electron chi connectivity index (χ4n) is 2.27. The largest absolute Gasteiger partial charge is 0.314 e. The van der Waals surface area contributed by atoms with Gasteiger partial charge in [-0.25, -0.2) is 4.39 Å². The number of nitrogens with zero attached hydrogens (tertiary/aromatic N) is 1. The van der Waals surface area contributed by atoms with Crippen LogP contribution in [0.3, 0.4) is 0 Å². The van der Waals surface area contributed by atoms with Crippen LogP contribution in [0.2, 0.25) is 5.02 Å². The van der Waals surface area contributed by atoms with E-state index in [0.717, 1.165) is 42.3 Å². The maximum atomic E-state index is 13.3. The molecule has 4 heteroatoms. The van der Waals surface area contributed by atoms with Crippen LogP contribution in [0.4, 0.5) is 4.39 Å². The highest BCUT2D eigenvalue weighted by Crippen LogP contribution is 2.25. The number of rotatable bonds is 3. The van der Waals surface area contributed by atoms with Crippen LogP contribution in [0.1, 0.15) is 17.2 Å². The van der Waals surface area contributed by atoms with Crippen LogP contribution < -0.4 is 5.32 Å². The first-order chi connectivity index (χ1) is 8.22. The third kappa shape index (κ3) is 2.97. The highest BCUT2D eigenvalue weighted by Gasteiger charge is 2.22. The summed E-state index contributed by atoms with van der Waals surface area (Å²) in [4.78, 5) is 2.19. The van der Waals surface area contributed by atoms with Crippen molar-refractivity contribution in [3.05, 3.63) is 34.3 Å². The minimum atomic E-state index is -0.346. The first-order valence-electron chi connectivity index (χ1n) is 5.99. The Bertz CT molecular complexity index is 378. The highest BCUT2D eigenvalue weighted by atomic mass is 35.5. The molecule has 1 aliphatic rings. The van der Waals surface area contributed by atoms with Gasteiger partial charge in [-0.05, 0) is 24.1 Å². The minimum absolute atomic E-state index is 0.131. The van der Waals surface area contributed by atoms with Crippen LogP contribution in [-0.2, 0) is 0 Å². The van der Waals surface area contributed by atoms with Gasteiger partial charge in [0.05, 0.1) is 6.04 Å². The molecule has 2 rings (SSSR count). The third-order valence-electron chi connectivity index (χ3n) is 3.31. The lowest BCUT2D eigenvalue weighted by Crippen LogP contribution is -2.45. The van der Waals surface area contributed by atoms with Crippen molar-refractivity contribution < 1.29 is 4.39 Å². The predicted molar refractivity (Wildman–Crippen MR) is 69.3 cm³/mol. The van der Waals surface area contributed by atoms with E-state index in [2.05, 4.69) is 10.2 Å². The van der Waals surface area contributed by atoms with Gasteiger partial charge in [-0.2, -0.15) is 0 Å². The molecule has 0 spiro atoms. The average Bonchev–Trinajstić information content (AvgIpc) is 2.36. The van der Waals surface area contributed by atoms with E-state index in [1.165, 1.54) is 0 Å². The third-order valence-corrected chi connectivity index (χ3v) is 3.73. The second-order valence-corrected chi connectivity index (χ2v) is 4.87. The quantitative estimate of drug-likeness (QED) is 0.894. The summed E-state index contributed by atoms with van der Waals surface area (Å²) in [6, 6.07) is 5.65. The number of aryl methyl sites for hydroxylation is 1. The van der Waals surface area contributed by atoms with Gasteiger partial charge in [-0.1, -0.05) is 23.7 Å². The molecule has 0 aromatic heterocycles. The number of benzene rings is 1. The predicted octanol–water partition coefficient (Wildman–Crippen LogP) is 2.56. The van der Waals surface area contributed by atoms with Gasteiger partial charge in [-0.15, -0.1) is 0 Å². The van der Waals surface area contributed by atoms with Gasteiger partial charge >= 0.3 is 0 Å². The van der Waals surface area contributed by atoms with E-state index in [9.17, 15) is 4.39 Å². The molecule has 0 radical (unpaired) electrons. The molecule has 0 amide bonds. The lowest BCUT2D eigenvalue weighted by atomic mass is 10.0. The summed E-state index contributed by atoms with van der Waals surface area (Å²) < 4.78 is 13.3. The number of hydrogen-bond donors (Lipinski definition) is 1. The van der Waals surface area contributed by atoms with E-state index in [4.69, 9.17) is 11.6 Å². The Hall–Kier alpha value is -0.640. The zero-order chi connectivity index (χ0) is 12.3. The van der Waals surface area contributed by atoms with Crippen LogP contribution in [0, 0.1) is 6.92 Å². The van der Waals surface area contributed by atoms with Crippen molar-refractivity contribution in [1.29, 1.82) is 0 Å². The maximum absolute atomic E-state index is 13.3. The SMILES string of the molecule is Cc1cc([C@@H](CF)N2CCNCC2)ccc1Cl. The summed E-state index contributed by atoms with van der Waals surface area (Å²) in [5, 5.41) is 4.02. The smallest absolute Gasteiger partial charge is 0.109 e. The van der Waals surface area contributed by atoms with Crippen LogP contribution in [0.5, 0.6) is 0 Å². The number of piperazine rings is 1. The standard InChI is InChI=1S/C13H18ClFN2/c1-10-8-11(2-3-12(10)14)13(9-15)17-6-4-16-5-7-17/h2-3,8,13,16H,4-7,9H2,1H3/t13-/m1/s1. The zero-order valence-electron chi connectivity index (χ0n) is 10.0. The van der Waals surface area contributed by atoms with Crippen LogP contribution >= 0.6 is 11.6 Å². The van der Waals surface area contributed by atoms with Gasteiger partial charge in [0.2, 0.25) is 0 Å². The fourth-order valence-corrected chi connectivity index (χ4v) is 2.38. The summed E-state index contributed by atoms with van der Waals surface area (Å²) in [6.45, 7) is 5.28. The molecule has 1 atom stereocenters. The number of halogens is 2. The number of alkyl halides is 1. The van der Waals surface area contributed by atoms with Crippen molar-refractivity contribution in [3.8, 4) is 0 Å². The van der Waals surface area contributed by atoms with Gasteiger partial charge in [0.15, 0.2) is 0 Å². The molecule has 0 bridgehead atoms. The van der Waals surface area contributed by atoms with Crippen molar-refractivity contribution in [2.24, 2.45) is 0 Å². The monoisotopic (exact) mass is 256 g/mol. The van der Waals surface area contributed by atoms with Crippen LogP contribution in [-0.4, -0.2) is 37.8 Å². The van der Waals surface area contributed by atoms with Crippen LogP contribution in [0.25, 0.3) is 0 Å². The Balaban J connectivity index is 2.18. The van der Waals surface area contributed by atoms with Crippen molar-refractivity contribution in [1.82, 2.24) is 10.2 Å². The minimum Gasteiger partial charge on any atom is -0.314 e. The van der Waals surface area contributed by atoms with E-state index < -0.39 is 0 Å². The molecule has 94 valence electrons. The summed E-state index contributed by atoms with van der Waals surface area (Å²) in [5.74, 6) is 0. The molecular formula is C13H18ClFN2. The first kappa shape index (κ1) is 12.8. The van der Waals surface area contributed by atoms with E-state index >= 15 is 0 Å². The Morgan fingerprint density at radius 3 is 2.71 bits per heavy atom. The van der Waals surface area contributed by atoms with Crippen molar-refractivity contribution in [2.75, 3.05) is 32.9 Å². The van der Waals surface area contributed by atoms with Gasteiger partial charge in [0.25, 0.3) is 0 Å². The highest BCUT2D eigenvalue weighted by molar-refractivity contribution is 6.31. The van der Waals surface area contributed by atoms with Crippen molar-refractivity contribution >= 4 is 11.6 Å². The van der Waals surface area contributed by atoms with E-state index in [1.807, 2.05) is 25.1 Å². The van der Waals surface area contributed by atoms with Gasteiger partial charge in [-0.3, -0.25) is 4.90 Å². The molecule has 0 unspecified atom stereocenters. The normalized spacial score (nSPS) is 19.2. The summed E-state index contributed by atoms with van der Waals surface area (Å²) in [5.41, 5.74) is 2.04. The van der Waals surface area contributed by atoms with E-state index in [1.54, 1.807) is 0 Å². The molecular weight excluding hydrogens is 239 g/mol. The van der Waals surface area contributed by atoms with E-state index in [0.29, 0.717) is 0 Å². The van der Waals surface area contributed by atoms with Gasteiger partial charge in [0.1, 0.15) is 6.67 Å². The lowest BCUT2D eigenvalue weighted by molar-refractivity contribution is 0.147. The fraction of sp³-hybridized carbons (Fsp3) is 0.538. The van der Waals surface area contributed by atoms with Crippen molar-refractivity contribution in [2.45, 2.75) is 13.0 Å². The Labute approximate surface area is 107 Å². The second kappa shape index (κ2) is 5.80. The molecule has 1 N–H and O–H groups in total. The average molecular weight is 257 g/mol. The molecule has 1 saturated heterocycles. The Morgan fingerprint density at radius 1 is 1.41 bits per heavy atom. The van der Waals surface area contributed by atoms with Crippen LogP contribution in [0.15, 0.2) is 18.2 Å². The van der Waals surface area contributed by atoms with Crippen molar-refractivity contribution in [3.63, 3.8) is 0 Å². The molecule has 0 saturated carbocycles. The molecule has 0 aliphatic carbocycles. The Morgan fingerprint density at radius 2 is 2.12 bits per heavy atom. The molecule has 1 aromatic rings. The van der Waals surface area contributed by atoms with Gasteiger partial charge in [0, 0.05) is 31.2 Å². The maximum Gasteiger partial charge on any atom is 0.109 e. The molecule has 1 aliphatic heterocycles. The summed E-state index contributed by atoms with van der Waals surface area (Å²) in [7, 11) is 0. The number of hydrogen-bond acceptors (Lipinski definition) is 2. The van der Waals surface area contributed by atoms with E-state index in [-0.39, 0.29) is 12.7 Å². The number of nitrogens with one attached hydrogen (secondary N) is 1. The molecule has 1 fully saturated rings. The molecule has 2 nitrogen and oxygen atoms in total. The summed E-state index contributed by atoms with van der Waals surface area (Å²) in [6.07, 6.45) is 0. The summed E-state index contributed by atoms with van der Waals surface area (Å²) >= 11 is 6.00. The van der Waals surface area contributed by atoms with Gasteiger partial charge < -0.3 is 5.32 Å². The Kier molecular flexibility index (Phi) is 4.37. The zero-order valence-corrected chi connectivity index (χ0v) is 10.8. The topological polar surface area (TPSA) is 15.3 Å².